The van der Waals surface area contributed by atoms with E-state index in [0.717, 1.165) is 45.5 Å². The van der Waals surface area contributed by atoms with Gasteiger partial charge in [0, 0.05) is 26.2 Å². The number of hydrogen-bond acceptors (Lipinski definition) is 6. The molecule has 2 heterocycles. The van der Waals surface area contributed by atoms with Crippen molar-refractivity contribution in [1.29, 1.82) is 0 Å². The van der Waals surface area contributed by atoms with Crippen LogP contribution in [0, 0.1) is 13.8 Å². The molecule has 158 valence electrons. The molecule has 3 aromatic rings. The maximum atomic E-state index is 12.8. The summed E-state index contributed by atoms with van der Waals surface area (Å²) in [6.07, 6.45) is 0.455. The third-order valence-corrected chi connectivity index (χ3v) is 6.86. The molecule has 0 spiro atoms. The second-order valence-corrected chi connectivity index (χ2v) is 8.58. The molecule has 1 saturated heterocycles. The quantitative estimate of drug-likeness (QED) is 0.622. The number of carbonyl (C=O) groups is 1. The van der Waals surface area contributed by atoms with Gasteiger partial charge in [0.05, 0.1) is 20.6 Å². The Hall–Kier alpha value is -2.80. The number of amides is 1. The van der Waals surface area contributed by atoms with Crippen LogP contribution in [0.25, 0.3) is 10.2 Å². The van der Waals surface area contributed by atoms with Gasteiger partial charge in [-0.1, -0.05) is 29.5 Å². The van der Waals surface area contributed by atoms with E-state index in [4.69, 9.17) is 14.5 Å². The fourth-order valence-electron chi connectivity index (χ4n) is 3.76. The first-order chi connectivity index (χ1) is 14.5. The molecule has 1 fully saturated rings. The fourth-order valence-corrected chi connectivity index (χ4v) is 4.88. The van der Waals surface area contributed by atoms with Crippen LogP contribution in [0.5, 0.6) is 11.5 Å². The number of methoxy groups -OCH3 is 2. The van der Waals surface area contributed by atoms with Gasteiger partial charge in [0.15, 0.2) is 5.13 Å². The largest absolute Gasteiger partial charge is 0.495 e. The lowest BCUT2D eigenvalue weighted by atomic mass is 10.0. The maximum Gasteiger partial charge on any atom is 0.227 e. The highest BCUT2D eigenvalue weighted by molar-refractivity contribution is 7.22. The number of benzene rings is 2. The molecule has 6 nitrogen and oxygen atoms in total. The molecule has 1 amide bonds. The summed E-state index contributed by atoms with van der Waals surface area (Å²) in [4.78, 5) is 21.8. The summed E-state index contributed by atoms with van der Waals surface area (Å²) in [6.45, 7) is 7.12. The van der Waals surface area contributed by atoms with Crippen molar-refractivity contribution < 1.29 is 14.3 Å². The molecule has 0 atom stereocenters. The molecule has 0 unspecified atom stereocenters. The van der Waals surface area contributed by atoms with Crippen LogP contribution in [0.3, 0.4) is 0 Å². The van der Waals surface area contributed by atoms with Crippen molar-refractivity contribution in [2.24, 2.45) is 0 Å². The van der Waals surface area contributed by atoms with E-state index in [-0.39, 0.29) is 5.91 Å². The van der Waals surface area contributed by atoms with Gasteiger partial charge < -0.3 is 19.3 Å². The molecule has 1 aliphatic heterocycles. The molecular weight excluding hydrogens is 398 g/mol. The van der Waals surface area contributed by atoms with Crippen LogP contribution >= 0.6 is 11.3 Å². The van der Waals surface area contributed by atoms with E-state index in [1.165, 1.54) is 11.1 Å². The Kier molecular flexibility index (Phi) is 5.81. The van der Waals surface area contributed by atoms with Gasteiger partial charge in [0.1, 0.15) is 21.7 Å². The van der Waals surface area contributed by atoms with Crippen molar-refractivity contribution in [3.05, 3.63) is 47.0 Å². The van der Waals surface area contributed by atoms with Crippen molar-refractivity contribution in [1.82, 2.24) is 9.88 Å². The molecule has 0 saturated carbocycles. The Balaban J connectivity index is 1.44. The minimum atomic E-state index is 0.186. The first-order valence-corrected chi connectivity index (χ1v) is 10.9. The average molecular weight is 426 g/mol. The second kappa shape index (κ2) is 8.52. The third-order valence-electron chi connectivity index (χ3n) is 5.73. The smallest absolute Gasteiger partial charge is 0.227 e. The standard InChI is InChI=1S/C23H27N3O3S/c1-15-5-6-17(13-16(15)2)14-20(27)25-9-11-26(12-10-25)23-24-21-18(28-3)7-8-19(29-4)22(21)30-23/h5-8,13H,9-12,14H2,1-4H3. The average Bonchev–Trinajstić information content (AvgIpc) is 3.21. The van der Waals surface area contributed by atoms with Crippen LogP contribution in [0.2, 0.25) is 0 Å². The van der Waals surface area contributed by atoms with Crippen molar-refractivity contribution in [3.8, 4) is 11.5 Å². The van der Waals surface area contributed by atoms with Gasteiger partial charge in [-0.15, -0.1) is 0 Å². The van der Waals surface area contributed by atoms with E-state index in [9.17, 15) is 4.79 Å². The second-order valence-electron chi connectivity index (χ2n) is 7.61. The van der Waals surface area contributed by atoms with E-state index in [1.54, 1.807) is 25.6 Å². The van der Waals surface area contributed by atoms with Crippen molar-refractivity contribution in [3.63, 3.8) is 0 Å². The summed E-state index contributed by atoms with van der Waals surface area (Å²) in [7, 11) is 3.32. The normalized spacial score (nSPS) is 14.3. The van der Waals surface area contributed by atoms with Crippen molar-refractivity contribution >= 4 is 32.6 Å². The molecule has 0 radical (unpaired) electrons. The summed E-state index contributed by atoms with van der Waals surface area (Å²) in [5, 5.41) is 0.939. The van der Waals surface area contributed by atoms with E-state index in [1.807, 2.05) is 17.0 Å². The van der Waals surface area contributed by atoms with Crippen molar-refractivity contribution in [2.75, 3.05) is 45.3 Å². The number of rotatable bonds is 5. The summed E-state index contributed by atoms with van der Waals surface area (Å²) in [5.74, 6) is 1.73. The first kappa shape index (κ1) is 20.5. The molecule has 0 bridgehead atoms. The van der Waals surface area contributed by atoms with E-state index in [0.29, 0.717) is 19.5 Å². The Morgan fingerprint density at radius 3 is 2.37 bits per heavy atom. The highest BCUT2D eigenvalue weighted by atomic mass is 32.1. The minimum absolute atomic E-state index is 0.186. The number of carbonyl (C=O) groups excluding carboxylic acids is 1. The number of ether oxygens (including phenoxy) is 2. The van der Waals surface area contributed by atoms with E-state index >= 15 is 0 Å². The molecule has 2 aromatic carbocycles. The monoisotopic (exact) mass is 425 g/mol. The molecule has 0 aliphatic carbocycles. The molecule has 1 aliphatic rings. The summed E-state index contributed by atoms with van der Waals surface area (Å²) >= 11 is 1.61. The van der Waals surface area contributed by atoms with Gasteiger partial charge in [0.25, 0.3) is 0 Å². The minimum Gasteiger partial charge on any atom is -0.495 e. The molecule has 0 N–H and O–H groups in total. The maximum absolute atomic E-state index is 12.8. The Morgan fingerprint density at radius 2 is 1.70 bits per heavy atom. The van der Waals surface area contributed by atoms with E-state index < -0.39 is 0 Å². The Labute approximate surface area is 181 Å². The number of aryl methyl sites for hydroxylation is 2. The van der Waals surface area contributed by atoms with Gasteiger partial charge in [-0.05, 0) is 42.7 Å². The lowest BCUT2D eigenvalue weighted by Gasteiger charge is -2.34. The van der Waals surface area contributed by atoms with Gasteiger partial charge in [-0.25, -0.2) is 4.98 Å². The van der Waals surface area contributed by atoms with Crippen molar-refractivity contribution in [2.45, 2.75) is 20.3 Å². The zero-order valence-corrected chi connectivity index (χ0v) is 18.7. The highest BCUT2D eigenvalue weighted by Crippen LogP contribution is 2.40. The van der Waals surface area contributed by atoms with Crippen LogP contribution in [0.1, 0.15) is 16.7 Å². The third kappa shape index (κ3) is 3.94. The highest BCUT2D eigenvalue weighted by Gasteiger charge is 2.24. The number of hydrogen-bond donors (Lipinski definition) is 0. The van der Waals surface area contributed by atoms with Crippen LogP contribution in [0.4, 0.5) is 5.13 Å². The zero-order chi connectivity index (χ0) is 21.3. The number of thiazole rings is 1. The Morgan fingerprint density at radius 1 is 1.00 bits per heavy atom. The van der Waals surface area contributed by atoms with Gasteiger partial charge in [0.2, 0.25) is 5.91 Å². The number of aromatic nitrogens is 1. The number of anilines is 1. The summed E-state index contributed by atoms with van der Waals surface area (Å²) in [6, 6.07) is 10.1. The lowest BCUT2D eigenvalue weighted by Crippen LogP contribution is -2.49. The van der Waals surface area contributed by atoms with Crippen LogP contribution in [-0.2, 0) is 11.2 Å². The number of piperazine rings is 1. The lowest BCUT2D eigenvalue weighted by molar-refractivity contribution is -0.130. The number of fused-ring (bicyclic) bond motifs is 1. The molecule has 30 heavy (non-hydrogen) atoms. The summed E-state index contributed by atoms with van der Waals surface area (Å²) in [5.41, 5.74) is 4.39. The first-order valence-electron chi connectivity index (χ1n) is 10.1. The molecular formula is C23H27N3O3S. The van der Waals surface area contributed by atoms with Crippen LogP contribution < -0.4 is 14.4 Å². The molecule has 7 heteroatoms. The fraction of sp³-hybridized carbons (Fsp3) is 0.391. The van der Waals surface area contributed by atoms with Crippen LogP contribution in [0.15, 0.2) is 30.3 Å². The zero-order valence-electron chi connectivity index (χ0n) is 17.9. The van der Waals surface area contributed by atoms with E-state index in [2.05, 4.69) is 36.9 Å². The predicted octanol–water partition coefficient (Wildman–Crippen LogP) is 3.82. The van der Waals surface area contributed by atoms with Crippen LogP contribution in [-0.4, -0.2) is 56.2 Å². The Bertz CT molecular complexity index is 1030. The van der Waals surface area contributed by atoms with Gasteiger partial charge >= 0.3 is 0 Å². The van der Waals surface area contributed by atoms with Gasteiger partial charge in [-0.3, -0.25) is 4.79 Å². The topological polar surface area (TPSA) is 54.9 Å². The summed E-state index contributed by atoms with van der Waals surface area (Å²) < 4.78 is 11.9. The molecule has 4 rings (SSSR count). The number of nitrogens with zero attached hydrogens (tertiary/aromatic N) is 3. The van der Waals surface area contributed by atoms with Gasteiger partial charge in [-0.2, -0.15) is 0 Å². The molecule has 1 aromatic heterocycles. The predicted molar refractivity (Wildman–Crippen MR) is 121 cm³/mol. The SMILES string of the molecule is COc1ccc(OC)c2sc(N3CCN(C(=O)Cc4ccc(C)c(C)c4)CC3)nc12.